The van der Waals surface area contributed by atoms with Crippen molar-refractivity contribution in [1.29, 1.82) is 0 Å². The summed E-state index contributed by atoms with van der Waals surface area (Å²) in [5.74, 6) is 0.0332. The number of sulfonamides is 1. The van der Waals surface area contributed by atoms with Gasteiger partial charge in [-0.25, -0.2) is 13.1 Å². The summed E-state index contributed by atoms with van der Waals surface area (Å²) in [6.07, 6.45) is 7.64. The summed E-state index contributed by atoms with van der Waals surface area (Å²) in [6, 6.07) is 6.86. The number of amides is 1. The second-order valence-corrected chi connectivity index (χ2v) is 7.76. The Labute approximate surface area is 144 Å². The molecule has 1 amide bonds. The van der Waals surface area contributed by atoms with Crippen LogP contribution in [-0.2, 0) is 14.8 Å². The number of hydrogen-bond donors (Lipinski definition) is 1. The molecular weight excluding hydrogens is 324 g/mol. The first-order chi connectivity index (χ1) is 11.5. The van der Waals surface area contributed by atoms with Crippen molar-refractivity contribution in [3.63, 3.8) is 0 Å². The molecule has 1 aliphatic heterocycles. The summed E-state index contributed by atoms with van der Waals surface area (Å²) in [5, 5.41) is 0. The van der Waals surface area contributed by atoms with Gasteiger partial charge in [-0.2, -0.15) is 0 Å². The lowest BCUT2D eigenvalue weighted by Gasteiger charge is -2.34. The maximum Gasteiger partial charge on any atom is 0.246 e. The first kappa shape index (κ1) is 18.7. The van der Waals surface area contributed by atoms with Crippen LogP contribution in [0, 0.1) is 0 Å². The molecule has 1 aliphatic rings. The largest absolute Gasteiger partial charge is 0.336 e. The summed E-state index contributed by atoms with van der Waals surface area (Å²) in [4.78, 5) is 14.6. The smallest absolute Gasteiger partial charge is 0.246 e. The summed E-state index contributed by atoms with van der Waals surface area (Å²) >= 11 is 0. The van der Waals surface area contributed by atoms with Crippen LogP contribution in [0.2, 0.25) is 0 Å². The van der Waals surface area contributed by atoms with E-state index in [1.165, 1.54) is 6.42 Å². The molecule has 1 atom stereocenters. The fourth-order valence-electron chi connectivity index (χ4n) is 3.01. The van der Waals surface area contributed by atoms with Gasteiger partial charge in [-0.15, -0.1) is 0 Å². The van der Waals surface area contributed by atoms with Gasteiger partial charge in [0.05, 0.1) is 4.90 Å². The topological polar surface area (TPSA) is 66.5 Å². The predicted molar refractivity (Wildman–Crippen MR) is 96.0 cm³/mol. The van der Waals surface area contributed by atoms with E-state index < -0.39 is 10.0 Å². The van der Waals surface area contributed by atoms with Gasteiger partial charge in [-0.05, 0) is 49.5 Å². The van der Waals surface area contributed by atoms with Gasteiger partial charge >= 0.3 is 0 Å². The maximum atomic E-state index is 12.4. The van der Waals surface area contributed by atoms with Gasteiger partial charge < -0.3 is 4.90 Å². The molecule has 5 nitrogen and oxygen atoms in total. The number of rotatable bonds is 6. The third-order valence-corrected chi connectivity index (χ3v) is 5.89. The summed E-state index contributed by atoms with van der Waals surface area (Å²) < 4.78 is 26.2. The quantitative estimate of drug-likeness (QED) is 0.802. The van der Waals surface area contributed by atoms with Crippen LogP contribution < -0.4 is 4.72 Å². The predicted octanol–water partition coefficient (Wildman–Crippen LogP) is 2.79. The van der Waals surface area contributed by atoms with E-state index in [2.05, 4.69) is 11.6 Å². The molecule has 0 aromatic heterocycles. The van der Waals surface area contributed by atoms with Crippen LogP contribution in [-0.4, -0.2) is 38.4 Å². The Bertz CT molecular complexity index is 681. The van der Waals surface area contributed by atoms with Gasteiger partial charge in [0.2, 0.25) is 15.9 Å². The van der Waals surface area contributed by atoms with Crippen LogP contribution in [0.1, 0.15) is 45.1 Å². The lowest BCUT2D eigenvalue weighted by atomic mass is 10.00. The van der Waals surface area contributed by atoms with E-state index in [1.807, 2.05) is 4.90 Å². The minimum absolute atomic E-state index is 0.0332. The number of nitrogens with zero attached hydrogens (tertiary/aromatic N) is 1. The van der Waals surface area contributed by atoms with Crippen molar-refractivity contribution in [2.45, 2.75) is 50.5 Å². The van der Waals surface area contributed by atoms with Crippen molar-refractivity contribution in [2.24, 2.45) is 0 Å². The molecule has 132 valence electrons. The maximum absolute atomic E-state index is 12.4. The van der Waals surface area contributed by atoms with Gasteiger partial charge in [0.1, 0.15) is 0 Å². The second-order valence-electron chi connectivity index (χ2n) is 5.99. The lowest BCUT2D eigenvalue weighted by molar-refractivity contribution is -0.129. The van der Waals surface area contributed by atoms with Crippen LogP contribution in [0.5, 0.6) is 0 Å². The molecule has 0 spiro atoms. The number of piperidine rings is 1. The zero-order valence-electron chi connectivity index (χ0n) is 14.4. The molecule has 0 radical (unpaired) electrons. The Balaban J connectivity index is 2.05. The van der Waals surface area contributed by atoms with Crippen LogP contribution in [0.15, 0.2) is 35.2 Å². The molecule has 1 unspecified atom stereocenters. The number of benzene rings is 1. The molecule has 2 rings (SSSR count). The molecular formula is C18H26N2O3S. The zero-order chi connectivity index (χ0) is 17.6. The number of hydrogen-bond acceptors (Lipinski definition) is 3. The SMILES string of the molecule is CCNS(=O)(=O)c1ccc(/C=C/C(=O)N2CCCCC2CC)cc1. The summed E-state index contributed by atoms with van der Waals surface area (Å²) in [6.45, 7) is 5.03. The molecule has 6 heteroatoms. The Kier molecular flexibility index (Phi) is 6.57. The summed E-state index contributed by atoms with van der Waals surface area (Å²) in [7, 11) is -3.44. The Hall–Kier alpha value is -1.66. The Morgan fingerprint density at radius 1 is 1.25 bits per heavy atom. The van der Waals surface area contributed by atoms with E-state index in [4.69, 9.17) is 0 Å². The van der Waals surface area contributed by atoms with Crippen molar-refractivity contribution < 1.29 is 13.2 Å². The number of nitrogens with one attached hydrogen (secondary N) is 1. The highest BCUT2D eigenvalue weighted by Crippen LogP contribution is 2.20. The van der Waals surface area contributed by atoms with E-state index in [1.54, 1.807) is 43.3 Å². The zero-order valence-corrected chi connectivity index (χ0v) is 15.2. The van der Waals surface area contributed by atoms with Crippen LogP contribution in [0.3, 0.4) is 0 Å². The molecule has 1 N–H and O–H groups in total. The average Bonchev–Trinajstić information content (AvgIpc) is 2.60. The van der Waals surface area contributed by atoms with Crippen LogP contribution in [0.25, 0.3) is 6.08 Å². The van der Waals surface area contributed by atoms with Crippen molar-refractivity contribution in [3.8, 4) is 0 Å². The van der Waals surface area contributed by atoms with E-state index >= 15 is 0 Å². The molecule has 1 aromatic carbocycles. The van der Waals surface area contributed by atoms with E-state index in [0.717, 1.165) is 31.4 Å². The van der Waals surface area contributed by atoms with Crippen molar-refractivity contribution in [1.82, 2.24) is 9.62 Å². The molecule has 1 aromatic rings. The lowest BCUT2D eigenvalue weighted by Crippen LogP contribution is -2.42. The molecule has 1 heterocycles. The van der Waals surface area contributed by atoms with Crippen molar-refractivity contribution in [2.75, 3.05) is 13.1 Å². The summed E-state index contributed by atoms with van der Waals surface area (Å²) in [5.41, 5.74) is 0.809. The fourth-order valence-corrected chi connectivity index (χ4v) is 4.05. The van der Waals surface area contributed by atoms with Crippen LogP contribution >= 0.6 is 0 Å². The first-order valence-corrected chi connectivity index (χ1v) is 10.0. The van der Waals surface area contributed by atoms with E-state index in [9.17, 15) is 13.2 Å². The Morgan fingerprint density at radius 3 is 2.58 bits per heavy atom. The Morgan fingerprint density at radius 2 is 1.96 bits per heavy atom. The van der Waals surface area contributed by atoms with Crippen LogP contribution in [0.4, 0.5) is 0 Å². The molecule has 24 heavy (non-hydrogen) atoms. The molecule has 0 bridgehead atoms. The molecule has 0 saturated carbocycles. The highest BCUT2D eigenvalue weighted by atomic mass is 32.2. The van der Waals surface area contributed by atoms with Crippen molar-refractivity contribution >= 4 is 22.0 Å². The highest BCUT2D eigenvalue weighted by molar-refractivity contribution is 7.89. The third kappa shape index (κ3) is 4.68. The molecule has 0 aliphatic carbocycles. The van der Waals surface area contributed by atoms with Gasteiger partial charge in [0.15, 0.2) is 0 Å². The third-order valence-electron chi connectivity index (χ3n) is 4.32. The minimum Gasteiger partial charge on any atom is -0.336 e. The second kappa shape index (κ2) is 8.44. The first-order valence-electron chi connectivity index (χ1n) is 8.56. The number of carbonyl (C=O) groups excluding carboxylic acids is 1. The van der Waals surface area contributed by atoms with Gasteiger partial charge in [0, 0.05) is 25.2 Å². The monoisotopic (exact) mass is 350 g/mol. The van der Waals surface area contributed by atoms with E-state index in [-0.39, 0.29) is 10.8 Å². The number of likely N-dealkylation sites (tertiary alicyclic amines) is 1. The number of carbonyl (C=O) groups is 1. The normalized spacial score (nSPS) is 18.9. The fraction of sp³-hybridized carbons (Fsp3) is 0.500. The van der Waals surface area contributed by atoms with Crippen molar-refractivity contribution in [3.05, 3.63) is 35.9 Å². The molecule has 1 saturated heterocycles. The highest BCUT2D eigenvalue weighted by Gasteiger charge is 2.23. The molecule has 1 fully saturated rings. The minimum atomic E-state index is -3.44. The van der Waals surface area contributed by atoms with E-state index in [0.29, 0.717) is 12.6 Å². The van der Waals surface area contributed by atoms with Gasteiger partial charge in [-0.3, -0.25) is 4.79 Å². The van der Waals surface area contributed by atoms with Gasteiger partial charge in [-0.1, -0.05) is 26.0 Å². The average molecular weight is 350 g/mol. The van der Waals surface area contributed by atoms with Gasteiger partial charge in [0.25, 0.3) is 0 Å². The standard InChI is InChI=1S/C18H26N2O3S/c1-3-16-7-5-6-14-20(16)18(21)13-10-15-8-11-17(12-9-15)24(22,23)19-4-2/h8-13,16,19H,3-7,14H2,1-2H3/b13-10+.